The number of aliphatic hydroxyl groups is 1. The first-order valence-electron chi connectivity index (χ1n) is 7.30. The molecule has 24 heavy (non-hydrogen) atoms. The van der Waals surface area contributed by atoms with Gasteiger partial charge in [0.1, 0.15) is 11.3 Å². The molecule has 1 aliphatic rings. The maximum atomic E-state index is 12.4. The van der Waals surface area contributed by atoms with Gasteiger partial charge in [0.2, 0.25) is 0 Å². The summed E-state index contributed by atoms with van der Waals surface area (Å²) in [6.45, 7) is 9.28. The quantitative estimate of drug-likeness (QED) is 0.636. The lowest BCUT2D eigenvalue weighted by Crippen LogP contribution is -2.38. The fraction of sp³-hybridized carbons (Fsp3) is 0.412. The third-order valence-corrected chi connectivity index (χ3v) is 3.37. The first kappa shape index (κ1) is 23.9. The number of benzene rings is 1. The minimum absolute atomic E-state index is 0. The van der Waals surface area contributed by atoms with Crippen LogP contribution in [0.4, 0.5) is 13.9 Å². The van der Waals surface area contributed by atoms with Crippen molar-refractivity contribution in [3.63, 3.8) is 0 Å². The van der Waals surface area contributed by atoms with E-state index in [-0.39, 0.29) is 22.6 Å². The molecule has 0 bridgehead atoms. The number of esters is 1. The molecule has 136 valence electrons. The minimum atomic E-state index is -0.856. The monoisotopic (exact) mass is 348 g/mol. The van der Waals surface area contributed by atoms with Crippen molar-refractivity contribution in [3.8, 4) is 0 Å². The van der Waals surface area contributed by atoms with Gasteiger partial charge in [-0.1, -0.05) is 38.1 Å². The highest BCUT2D eigenvalue weighted by atomic mass is 20.0. The van der Waals surface area contributed by atoms with E-state index in [0.717, 1.165) is 0 Å². The molecule has 1 aromatic rings. The standard InChI is InChI=1S/C15H16O4.C2H6.F2.FH/c1-4-19-14(18)11-12(16)9-7-5-6-8-10(9)15(2,3)13(11)17;2*1-2;/h5-8,16H,4H2,1-3H3;1-2H3;;1H. The highest BCUT2D eigenvalue weighted by molar-refractivity contribution is 6.26. The SMILES string of the molecule is CC.CCOC(=O)C1=C(O)c2ccccc2C(C)(C)C1=O.F.FF. The summed E-state index contributed by atoms with van der Waals surface area (Å²) in [4.78, 5) is 24.3. The van der Waals surface area contributed by atoms with Crippen LogP contribution in [0.15, 0.2) is 29.8 Å². The molecule has 0 atom stereocenters. The molecule has 2 rings (SSSR count). The Morgan fingerprint density at radius 3 is 2.21 bits per heavy atom. The Balaban J connectivity index is 0. The summed E-state index contributed by atoms with van der Waals surface area (Å²) in [7, 11) is 0. The Labute approximate surface area is 139 Å². The number of ether oxygens (including phenoxy) is 1. The Morgan fingerprint density at radius 1 is 1.21 bits per heavy atom. The van der Waals surface area contributed by atoms with E-state index in [1.807, 2.05) is 13.8 Å². The molecule has 0 saturated heterocycles. The maximum absolute atomic E-state index is 12.4. The summed E-state index contributed by atoms with van der Waals surface area (Å²) in [5.41, 5.74) is 0.108. The van der Waals surface area contributed by atoms with Crippen LogP contribution in [-0.2, 0) is 19.7 Å². The number of rotatable bonds is 2. The Bertz CT molecular complexity index is 595. The molecule has 1 aliphatic carbocycles. The van der Waals surface area contributed by atoms with Crippen molar-refractivity contribution < 1.29 is 33.3 Å². The fourth-order valence-electron chi connectivity index (χ4n) is 2.30. The molecule has 0 amide bonds. The highest BCUT2D eigenvalue weighted by Crippen LogP contribution is 2.39. The van der Waals surface area contributed by atoms with Gasteiger partial charge < -0.3 is 9.84 Å². The molecular formula is C17H23F3O4. The summed E-state index contributed by atoms with van der Waals surface area (Å²) in [5.74, 6) is -1.48. The van der Waals surface area contributed by atoms with Gasteiger partial charge in [-0.15, -0.1) is 0 Å². The lowest BCUT2D eigenvalue weighted by atomic mass is 9.71. The minimum Gasteiger partial charge on any atom is -0.506 e. The van der Waals surface area contributed by atoms with Crippen LogP contribution in [0, 0.1) is 0 Å². The van der Waals surface area contributed by atoms with Crippen molar-refractivity contribution in [3.05, 3.63) is 41.0 Å². The average molecular weight is 348 g/mol. The van der Waals surface area contributed by atoms with Gasteiger partial charge in [-0.25, -0.2) is 4.79 Å². The van der Waals surface area contributed by atoms with Gasteiger partial charge in [0.25, 0.3) is 0 Å². The third kappa shape index (κ3) is 4.37. The van der Waals surface area contributed by atoms with Gasteiger partial charge in [0, 0.05) is 14.7 Å². The van der Waals surface area contributed by atoms with E-state index in [1.165, 1.54) is 0 Å². The number of halogens is 3. The second kappa shape index (κ2) is 10.5. The zero-order chi connectivity index (χ0) is 18.2. The zero-order valence-corrected chi connectivity index (χ0v) is 14.4. The van der Waals surface area contributed by atoms with Gasteiger partial charge >= 0.3 is 5.97 Å². The second-order valence-corrected chi connectivity index (χ2v) is 4.94. The number of hydrogen-bond donors (Lipinski definition) is 1. The predicted octanol–water partition coefficient (Wildman–Crippen LogP) is 4.40. The summed E-state index contributed by atoms with van der Waals surface area (Å²) in [6.07, 6.45) is 0. The van der Waals surface area contributed by atoms with Crippen LogP contribution in [0.1, 0.15) is 45.7 Å². The highest BCUT2D eigenvalue weighted by Gasteiger charge is 2.43. The summed E-state index contributed by atoms with van der Waals surface area (Å²) in [6, 6.07) is 7.03. The van der Waals surface area contributed by atoms with E-state index in [0.29, 0.717) is 11.1 Å². The second-order valence-electron chi connectivity index (χ2n) is 4.94. The average Bonchev–Trinajstić information content (AvgIpc) is 2.57. The lowest BCUT2D eigenvalue weighted by Gasteiger charge is -2.31. The normalized spacial score (nSPS) is 14.0. The van der Waals surface area contributed by atoms with Gasteiger partial charge in [-0.05, 0) is 26.3 Å². The Hall–Kier alpha value is -2.31. The van der Waals surface area contributed by atoms with Gasteiger partial charge in [-0.2, -0.15) is 0 Å². The maximum Gasteiger partial charge on any atom is 0.345 e. The number of Topliss-reactive ketones (excluding diaryl/α,β-unsaturated/α-hetero) is 1. The van der Waals surface area contributed by atoms with Crippen molar-refractivity contribution in [1.29, 1.82) is 0 Å². The molecule has 0 spiro atoms. The molecule has 7 heteroatoms. The molecule has 0 unspecified atom stereocenters. The van der Waals surface area contributed by atoms with Crippen molar-refractivity contribution in [1.82, 2.24) is 0 Å². The van der Waals surface area contributed by atoms with Crippen LogP contribution in [0.25, 0.3) is 5.76 Å². The summed E-state index contributed by atoms with van der Waals surface area (Å²) >= 11 is 0. The van der Waals surface area contributed by atoms with Crippen molar-refractivity contribution in [2.24, 2.45) is 0 Å². The van der Waals surface area contributed by atoms with E-state index >= 15 is 0 Å². The largest absolute Gasteiger partial charge is 0.506 e. The topological polar surface area (TPSA) is 63.6 Å². The number of aliphatic hydroxyl groups excluding tert-OH is 1. The third-order valence-electron chi connectivity index (χ3n) is 3.37. The Kier molecular flexibility index (Phi) is 10.4. The molecule has 0 radical (unpaired) electrons. The Morgan fingerprint density at radius 2 is 1.71 bits per heavy atom. The number of carbonyl (C=O) groups excluding carboxylic acids is 2. The zero-order valence-electron chi connectivity index (χ0n) is 14.4. The van der Waals surface area contributed by atoms with Crippen molar-refractivity contribution in [2.75, 3.05) is 6.61 Å². The van der Waals surface area contributed by atoms with Crippen molar-refractivity contribution in [2.45, 2.75) is 40.0 Å². The van der Waals surface area contributed by atoms with Gasteiger partial charge in [-0.3, -0.25) is 9.50 Å². The first-order chi connectivity index (χ1) is 10.9. The van der Waals surface area contributed by atoms with E-state index in [9.17, 15) is 14.7 Å². The predicted molar refractivity (Wildman–Crippen MR) is 86.7 cm³/mol. The number of hydrogen-bond acceptors (Lipinski definition) is 4. The lowest BCUT2D eigenvalue weighted by molar-refractivity contribution is -0.140. The van der Waals surface area contributed by atoms with Crippen molar-refractivity contribution >= 4 is 17.5 Å². The van der Waals surface area contributed by atoms with Gasteiger partial charge in [0.05, 0.1) is 12.0 Å². The molecule has 4 nitrogen and oxygen atoms in total. The van der Waals surface area contributed by atoms with Crippen LogP contribution >= 0.6 is 0 Å². The van der Waals surface area contributed by atoms with E-state index in [4.69, 9.17) is 13.9 Å². The molecule has 1 aromatic carbocycles. The number of fused-ring (bicyclic) bond motifs is 1. The molecule has 0 aromatic heterocycles. The fourth-order valence-corrected chi connectivity index (χ4v) is 2.30. The van der Waals surface area contributed by atoms with Gasteiger partial charge in [0.15, 0.2) is 5.78 Å². The first-order valence-corrected chi connectivity index (χ1v) is 7.30. The number of ketones is 1. The number of carbonyl (C=O) groups is 2. The van der Waals surface area contributed by atoms with Crippen LogP contribution < -0.4 is 0 Å². The molecule has 1 N–H and O–H groups in total. The van der Waals surface area contributed by atoms with Crippen LogP contribution in [-0.4, -0.2) is 23.5 Å². The molecule has 0 heterocycles. The molecule has 0 aliphatic heterocycles. The molecule has 0 saturated carbocycles. The van der Waals surface area contributed by atoms with Crippen LogP contribution in [0.2, 0.25) is 0 Å². The molecule has 0 fully saturated rings. The smallest absolute Gasteiger partial charge is 0.345 e. The summed E-state index contributed by atoms with van der Waals surface area (Å²) in [5, 5.41) is 10.2. The van der Waals surface area contributed by atoms with Crippen LogP contribution in [0.3, 0.4) is 0 Å². The summed E-state index contributed by atoms with van der Waals surface area (Å²) < 4.78 is 20.9. The van der Waals surface area contributed by atoms with Crippen LogP contribution in [0.5, 0.6) is 0 Å². The van der Waals surface area contributed by atoms with E-state index < -0.39 is 17.2 Å². The molecular weight excluding hydrogens is 325 g/mol. The van der Waals surface area contributed by atoms with E-state index in [2.05, 4.69) is 0 Å². The van der Waals surface area contributed by atoms with E-state index in [1.54, 1.807) is 45.0 Å².